The van der Waals surface area contributed by atoms with Crippen LogP contribution in [0.25, 0.3) is 0 Å². The molecule has 0 saturated carbocycles. The Morgan fingerprint density at radius 1 is 1.38 bits per heavy atom. The molecule has 1 N–H and O–H groups in total. The molecule has 0 spiro atoms. The summed E-state index contributed by atoms with van der Waals surface area (Å²) in [6, 6.07) is 10.3. The van der Waals surface area contributed by atoms with Crippen LogP contribution in [0.4, 0.5) is 15.9 Å². The lowest BCUT2D eigenvalue weighted by molar-refractivity contribution is 0.596. The Hall–Kier alpha value is -1.94. The number of benzene rings is 1. The third-order valence-corrected chi connectivity index (χ3v) is 4.03. The van der Waals surface area contributed by atoms with Crippen molar-refractivity contribution in [2.24, 2.45) is 0 Å². The summed E-state index contributed by atoms with van der Waals surface area (Å²) < 4.78 is 13.5. The smallest absolute Gasteiger partial charge is 0.141 e. The molecular weight excluding hydrogens is 265 g/mol. The number of hydrogen-bond acceptors (Lipinski definition) is 3. The Balaban J connectivity index is 2.11. The van der Waals surface area contributed by atoms with Crippen molar-refractivity contribution in [1.29, 1.82) is 0 Å². The summed E-state index contributed by atoms with van der Waals surface area (Å²) in [5.74, 6) is 0.562. The average molecular weight is 285 g/mol. The number of rotatable bonds is 3. The van der Waals surface area contributed by atoms with E-state index in [4.69, 9.17) is 0 Å². The molecular formula is C17H20FN3. The third-order valence-electron chi connectivity index (χ3n) is 4.03. The van der Waals surface area contributed by atoms with Gasteiger partial charge >= 0.3 is 0 Å². The van der Waals surface area contributed by atoms with Gasteiger partial charge in [-0.3, -0.25) is 0 Å². The number of nitrogens with one attached hydrogen (secondary N) is 1. The Kier molecular flexibility index (Phi) is 3.88. The molecule has 0 amide bonds. The molecule has 1 aliphatic heterocycles. The first-order valence-electron chi connectivity index (χ1n) is 7.37. The molecule has 0 saturated heterocycles. The van der Waals surface area contributed by atoms with E-state index in [0.717, 1.165) is 24.2 Å². The first-order chi connectivity index (χ1) is 10.2. The van der Waals surface area contributed by atoms with E-state index in [1.807, 2.05) is 13.1 Å². The van der Waals surface area contributed by atoms with Crippen LogP contribution in [0, 0.1) is 5.82 Å². The van der Waals surface area contributed by atoms with Crippen molar-refractivity contribution in [3.05, 3.63) is 53.5 Å². The van der Waals surface area contributed by atoms with Gasteiger partial charge in [0.25, 0.3) is 0 Å². The van der Waals surface area contributed by atoms with Crippen molar-refractivity contribution >= 4 is 11.5 Å². The second-order valence-electron chi connectivity index (χ2n) is 5.55. The molecule has 0 fully saturated rings. The van der Waals surface area contributed by atoms with Gasteiger partial charge in [0, 0.05) is 23.8 Å². The van der Waals surface area contributed by atoms with Crippen molar-refractivity contribution in [3.63, 3.8) is 0 Å². The third kappa shape index (κ3) is 2.63. The normalized spacial score (nSPS) is 17.7. The zero-order valence-electron chi connectivity index (χ0n) is 12.4. The van der Waals surface area contributed by atoms with E-state index in [2.05, 4.69) is 40.3 Å². The van der Waals surface area contributed by atoms with Gasteiger partial charge in [0.1, 0.15) is 11.6 Å². The highest BCUT2D eigenvalue weighted by atomic mass is 19.1. The van der Waals surface area contributed by atoms with Gasteiger partial charge in [0.05, 0.1) is 6.20 Å². The number of para-hydroxylation sites is 1. The molecule has 1 unspecified atom stereocenters. The van der Waals surface area contributed by atoms with Gasteiger partial charge in [-0.2, -0.15) is 0 Å². The summed E-state index contributed by atoms with van der Waals surface area (Å²) >= 11 is 0. The quantitative estimate of drug-likeness (QED) is 0.936. The molecule has 3 rings (SSSR count). The molecule has 0 bridgehead atoms. The molecule has 4 heteroatoms. The summed E-state index contributed by atoms with van der Waals surface area (Å²) in [6.45, 7) is 2.80. The molecule has 1 atom stereocenters. The van der Waals surface area contributed by atoms with E-state index >= 15 is 0 Å². The zero-order valence-corrected chi connectivity index (χ0v) is 12.4. The highest BCUT2D eigenvalue weighted by molar-refractivity contribution is 5.68. The molecule has 2 aromatic rings. The molecule has 3 nitrogen and oxygen atoms in total. The van der Waals surface area contributed by atoms with Crippen LogP contribution in [-0.2, 0) is 13.0 Å². The standard InChI is InChI=1S/C17H20FN3/c1-12-7-8-13-5-3-4-6-16(13)21(12)17-14(10-19-2)9-15(18)11-20-17/h3-6,9,11-12,19H,7-8,10H2,1-2H3. The lowest BCUT2D eigenvalue weighted by Gasteiger charge is -2.37. The predicted molar refractivity (Wildman–Crippen MR) is 83.3 cm³/mol. The maximum Gasteiger partial charge on any atom is 0.141 e. The minimum atomic E-state index is -0.290. The molecule has 1 aliphatic rings. The summed E-state index contributed by atoms with van der Waals surface area (Å²) in [5, 5.41) is 3.10. The predicted octanol–water partition coefficient (Wildman–Crippen LogP) is 3.41. The molecule has 1 aromatic carbocycles. The average Bonchev–Trinajstić information content (AvgIpc) is 2.49. The molecule has 1 aromatic heterocycles. The van der Waals surface area contributed by atoms with Gasteiger partial charge in [-0.1, -0.05) is 18.2 Å². The second-order valence-corrected chi connectivity index (χ2v) is 5.55. The fourth-order valence-electron chi connectivity index (χ4n) is 3.02. The highest BCUT2D eigenvalue weighted by Crippen LogP contribution is 2.37. The van der Waals surface area contributed by atoms with Gasteiger partial charge in [0.2, 0.25) is 0 Å². The Labute approximate surface area is 124 Å². The van der Waals surface area contributed by atoms with Gasteiger partial charge in [-0.25, -0.2) is 9.37 Å². The largest absolute Gasteiger partial charge is 0.323 e. The van der Waals surface area contributed by atoms with E-state index in [9.17, 15) is 4.39 Å². The number of nitrogens with zero attached hydrogens (tertiary/aromatic N) is 2. The van der Waals surface area contributed by atoms with Crippen LogP contribution >= 0.6 is 0 Å². The second kappa shape index (κ2) is 5.82. The van der Waals surface area contributed by atoms with Crippen LogP contribution in [0.15, 0.2) is 36.5 Å². The Morgan fingerprint density at radius 2 is 2.19 bits per heavy atom. The first-order valence-corrected chi connectivity index (χ1v) is 7.37. The SMILES string of the molecule is CNCc1cc(F)cnc1N1c2ccccc2CCC1C. The summed E-state index contributed by atoms with van der Waals surface area (Å²) in [7, 11) is 1.86. The van der Waals surface area contributed by atoms with Gasteiger partial charge in [-0.05, 0) is 44.5 Å². The number of hydrogen-bond donors (Lipinski definition) is 1. The fourth-order valence-corrected chi connectivity index (χ4v) is 3.02. The van der Waals surface area contributed by atoms with Crippen molar-refractivity contribution in [2.45, 2.75) is 32.4 Å². The van der Waals surface area contributed by atoms with E-state index in [0.29, 0.717) is 12.6 Å². The zero-order chi connectivity index (χ0) is 14.8. The maximum atomic E-state index is 13.5. The fraction of sp³-hybridized carbons (Fsp3) is 0.353. The molecule has 0 aliphatic carbocycles. The number of aryl methyl sites for hydroxylation is 1. The Bertz CT molecular complexity index is 642. The highest BCUT2D eigenvalue weighted by Gasteiger charge is 2.26. The first kappa shape index (κ1) is 14.0. The minimum Gasteiger partial charge on any atom is -0.323 e. The van der Waals surface area contributed by atoms with Crippen LogP contribution in [0.2, 0.25) is 0 Å². The van der Waals surface area contributed by atoms with Crippen molar-refractivity contribution in [2.75, 3.05) is 11.9 Å². The number of aromatic nitrogens is 1. The number of halogens is 1. The summed E-state index contributed by atoms with van der Waals surface area (Å²) in [6.07, 6.45) is 3.46. The van der Waals surface area contributed by atoms with Crippen molar-refractivity contribution in [1.82, 2.24) is 10.3 Å². The number of pyridine rings is 1. The molecule has 0 radical (unpaired) electrons. The maximum absolute atomic E-state index is 13.5. The van der Waals surface area contributed by atoms with Gasteiger partial charge < -0.3 is 10.2 Å². The topological polar surface area (TPSA) is 28.2 Å². The van der Waals surface area contributed by atoms with E-state index in [-0.39, 0.29) is 5.82 Å². The van der Waals surface area contributed by atoms with Crippen LogP contribution < -0.4 is 10.2 Å². The molecule has 110 valence electrons. The number of anilines is 2. The number of fused-ring (bicyclic) bond motifs is 1. The summed E-state index contributed by atoms with van der Waals surface area (Å²) in [5.41, 5.74) is 3.41. The molecule has 2 heterocycles. The van der Waals surface area contributed by atoms with Gasteiger partial charge in [-0.15, -0.1) is 0 Å². The van der Waals surface area contributed by atoms with Crippen molar-refractivity contribution in [3.8, 4) is 0 Å². The van der Waals surface area contributed by atoms with Crippen LogP contribution in [0.3, 0.4) is 0 Å². The lowest BCUT2D eigenvalue weighted by atomic mass is 9.96. The van der Waals surface area contributed by atoms with E-state index in [1.165, 1.54) is 17.4 Å². The van der Waals surface area contributed by atoms with E-state index in [1.54, 1.807) is 6.07 Å². The van der Waals surface area contributed by atoms with Crippen molar-refractivity contribution < 1.29 is 4.39 Å². The lowest BCUT2D eigenvalue weighted by Crippen LogP contribution is -2.34. The van der Waals surface area contributed by atoms with Crippen LogP contribution in [-0.4, -0.2) is 18.1 Å². The Morgan fingerprint density at radius 3 is 3.00 bits per heavy atom. The monoisotopic (exact) mass is 285 g/mol. The van der Waals surface area contributed by atoms with Gasteiger partial charge in [0.15, 0.2) is 0 Å². The molecule has 21 heavy (non-hydrogen) atoms. The van der Waals surface area contributed by atoms with Crippen LogP contribution in [0.1, 0.15) is 24.5 Å². The minimum absolute atomic E-state index is 0.290. The summed E-state index contributed by atoms with van der Waals surface area (Å²) in [4.78, 5) is 6.62. The van der Waals surface area contributed by atoms with E-state index < -0.39 is 0 Å². The van der Waals surface area contributed by atoms with Crippen LogP contribution in [0.5, 0.6) is 0 Å².